The number of hydrogen-bond acceptors (Lipinski definition) is 3. The number of carbonyl (C=O) groups excluding carboxylic acids is 2. The molecule has 2 amide bonds. The Kier molecular flexibility index (Phi) is 4.06. The molecule has 0 aromatic rings. The first-order chi connectivity index (χ1) is 5.72. The van der Waals surface area contributed by atoms with Gasteiger partial charge in [-0.25, -0.2) is 9.80 Å². The van der Waals surface area contributed by atoms with Gasteiger partial charge in [0.05, 0.1) is 0 Å². The number of rotatable bonds is 0. The van der Waals surface area contributed by atoms with Crippen molar-refractivity contribution < 1.29 is 14.3 Å². The third-order valence-electron chi connectivity index (χ3n) is 0.931. The van der Waals surface area contributed by atoms with E-state index < -0.39 is 16.9 Å². The van der Waals surface area contributed by atoms with Gasteiger partial charge in [-0.05, 0) is 20.8 Å². The maximum Gasteiger partial charge on any atom is 0.428 e. The molecule has 0 unspecified atom stereocenters. The summed E-state index contributed by atoms with van der Waals surface area (Å²) in [4.78, 5) is 21.6. The van der Waals surface area contributed by atoms with Crippen molar-refractivity contribution in [3.8, 4) is 0 Å². The molecule has 13 heavy (non-hydrogen) atoms. The van der Waals surface area contributed by atoms with Crippen LogP contribution in [0.1, 0.15) is 20.8 Å². The largest absolute Gasteiger partial charge is 0.442 e. The molecule has 0 atom stereocenters. The fourth-order valence-corrected chi connectivity index (χ4v) is 0.670. The second kappa shape index (κ2) is 4.36. The maximum atomic E-state index is 11.1. The van der Waals surface area contributed by atoms with Gasteiger partial charge in [-0.2, -0.15) is 0 Å². The molecule has 0 saturated carbocycles. The number of hydrogen-bond donors (Lipinski definition) is 2. The van der Waals surface area contributed by atoms with Gasteiger partial charge in [0.15, 0.2) is 0 Å². The van der Waals surface area contributed by atoms with E-state index in [0.29, 0.717) is 0 Å². The Bertz CT molecular complexity index is 212. The van der Waals surface area contributed by atoms with Gasteiger partial charge in [-0.15, -0.1) is 0 Å². The molecule has 0 aromatic carbocycles. The van der Waals surface area contributed by atoms with Crippen LogP contribution in [0, 0.1) is 0 Å². The van der Waals surface area contributed by atoms with Gasteiger partial charge in [0.2, 0.25) is 0 Å². The van der Waals surface area contributed by atoms with Gasteiger partial charge < -0.3 is 4.74 Å². The summed E-state index contributed by atoms with van der Waals surface area (Å²) in [6, 6.07) is 0. The standard InChI is InChI=1S/C7H14N2O3S/c1-7(2,3)12-6(11)9(4)8-5(10)13/h1-4H3,(H2,8,10,13). The molecule has 0 radical (unpaired) electrons. The highest BCUT2D eigenvalue weighted by Gasteiger charge is 2.19. The second-order valence-corrected chi connectivity index (χ2v) is 3.86. The molecular formula is C7H14N2O3S. The summed E-state index contributed by atoms with van der Waals surface area (Å²) in [5, 5.41) is 0.314. The van der Waals surface area contributed by atoms with E-state index in [2.05, 4.69) is 18.1 Å². The van der Waals surface area contributed by atoms with Crippen LogP contribution in [-0.4, -0.2) is 29.0 Å². The highest BCUT2D eigenvalue weighted by atomic mass is 32.1. The average Bonchev–Trinajstić information content (AvgIpc) is 1.81. The lowest BCUT2D eigenvalue weighted by Gasteiger charge is -2.24. The normalized spacial score (nSPS) is 10.5. The second-order valence-electron chi connectivity index (χ2n) is 3.46. The molecule has 0 aliphatic heterocycles. The van der Waals surface area contributed by atoms with Crippen LogP contribution in [0.5, 0.6) is 0 Å². The van der Waals surface area contributed by atoms with E-state index in [4.69, 9.17) is 4.74 Å². The van der Waals surface area contributed by atoms with Crippen LogP contribution >= 0.6 is 12.6 Å². The van der Waals surface area contributed by atoms with E-state index in [-0.39, 0.29) is 0 Å². The Hall–Kier alpha value is -0.910. The molecule has 6 heteroatoms. The van der Waals surface area contributed by atoms with Crippen molar-refractivity contribution in [2.75, 3.05) is 7.05 Å². The van der Waals surface area contributed by atoms with E-state index in [0.717, 1.165) is 5.01 Å². The number of ether oxygens (including phenoxy) is 1. The van der Waals surface area contributed by atoms with Crippen LogP contribution in [0.25, 0.3) is 0 Å². The SMILES string of the molecule is CN(NC(=O)S)C(=O)OC(C)(C)C. The lowest BCUT2D eigenvalue weighted by molar-refractivity contribution is 0.0238. The Morgan fingerprint density at radius 3 is 2.15 bits per heavy atom. The third kappa shape index (κ3) is 6.27. The van der Waals surface area contributed by atoms with Gasteiger partial charge in [0, 0.05) is 7.05 Å². The molecule has 0 spiro atoms. The number of nitrogens with zero attached hydrogens (tertiary/aromatic N) is 1. The van der Waals surface area contributed by atoms with Gasteiger partial charge >= 0.3 is 6.09 Å². The summed E-state index contributed by atoms with van der Waals surface area (Å²) in [6.45, 7) is 5.21. The van der Waals surface area contributed by atoms with E-state index in [1.165, 1.54) is 7.05 Å². The van der Waals surface area contributed by atoms with Crippen LogP contribution in [0.3, 0.4) is 0 Å². The smallest absolute Gasteiger partial charge is 0.428 e. The molecule has 0 bridgehead atoms. The molecule has 0 aliphatic carbocycles. The van der Waals surface area contributed by atoms with Crippen LogP contribution < -0.4 is 5.43 Å². The van der Waals surface area contributed by atoms with Crippen LogP contribution in [-0.2, 0) is 4.74 Å². The minimum atomic E-state index is -0.630. The maximum absolute atomic E-state index is 11.1. The molecule has 0 heterocycles. The summed E-state index contributed by atoms with van der Waals surface area (Å²) < 4.78 is 4.94. The number of hydrazine groups is 1. The van der Waals surface area contributed by atoms with Gasteiger partial charge in [-0.3, -0.25) is 10.2 Å². The van der Waals surface area contributed by atoms with E-state index in [9.17, 15) is 9.59 Å². The predicted octanol–water partition coefficient (Wildman–Crippen LogP) is 1.41. The number of nitrogens with one attached hydrogen (secondary N) is 1. The quantitative estimate of drug-likeness (QED) is 0.465. The number of carbonyl (C=O) groups is 2. The first-order valence-corrected chi connectivity index (χ1v) is 4.13. The average molecular weight is 206 g/mol. The molecule has 0 aliphatic rings. The van der Waals surface area contributed by atoms with Crippen molar-refractivity contribution in [3.05, 3.63) is 0 Å². The molecule has 0 rings (SSSR count). The summed E-state index contributed by atoms with van der Waals surface area (Å²) in [6.07, 6.45) is -0.630. The van der Waals surface area contributed by atoms with Crippen molar-refractivity contribution in [3.63, 3.8) is 0 Å². The fraction of sp³-hybridized carbons (Fsp3) is 0.714. The topological polar surface area (TPSA) is 58.6 Å². The van der Waals surface area contributed by atoms with Crippen molar-refractivity contribution >= 4 is 24.0 Å². The zero-order valence-electron chi connectivity index (χ0n) is 8.12. The van der Waals surface area contributed by atoms with E-state index >= 15 is 0 Å². The Morgan fingerprint density at radius 1 is 1.38 bits per heavy atom. The minimum Gasteiger partial charge on any atom is -0.442 e. The molecule has 0 fully saturated rings. The minimum absolute atomic E-state index is 0.577. The van der Waals surface area contributed by atoms with Crippen molar-refractivity contribution in [1.29, 1.82) is 0 Å². The van der Waals surface area contributed by atoms with Crippen molar-refractivity contribution in [2.45, 2.75) is 26.4 Å². The summed E-state index contributed by atoms with van der Waals surface area (Å²) in [5.74, 6) is 0. The first-order valence-electron chi connectivity index (χ1n) is 3.68. The molecule has 5 nitrogen and oxygen atoms in total. The van der Waals surface area contributed by atoms with Gasteiger partial charge in [0.25, 0.3) is 5.24 Å². The van der Waals surface area contributed by atoms with E-state index in [1.807, 2.05) is 0 Å². The Morgan fingerprint density at radius 2 is 1.85 bits per heavy atom. The molecule has 0 aromatic heterocycles. The fourth-order valence-electron chi connectivity index (χ4n) is 0.520. The zero-order chi connectivity index (χ0) is 10.6. The van der Waals surface area contributed by atoms with Crippen molar-refractivity contribution in [2.24, 2.45) is 0 Å². The van der Waals surface area contributed by atoms with Gasteiger partial charge in [0.1, 0.15) is 5.60 Å². The number of amides is 2. The van der Waals surface area contributed by atoms with Gasteiger partial charge in [-0.1, -0.05) is 12.6 Å². The molecule has 1 N–H and O–H groups in total. The summed E-state index contributed by atoms with van der Waals surface area (Å²) in [5.41, 5.74) is 1.57. The highest BCUT2D eigenvalue weighted by molar-refractivity contribution is 7.96. The predicted molar refractivity (Wildman–Crippen MR) is 51.5 cm³/mol. The van der Waals surface area contributed by atoms with E-state index in [1.54, 1.807) is 20.8 Å². The molecular weight excluding hydrogens is 192 g/mol. The Balaban J connectivity index is 4.05. The monoisotopic (exact) mass is 206 g/mol. The molecule has 76 valence electrons. The summed E-state index contributed by atoms with van der Waals surface area (Å²) >= 11 is 3.44. The first kappa shape index (κ1) is 12.1. The number of thiol groups is 1. The lowest BCUT2D eigenvalue weighted by Crippen LogP contribution is -2.43. The summed E-state index contributed by atoms with van der Waals surface area (Å²) in [7, 11) is 1.38. The van der Waals surface area contributed by atoms with Crippen molar-refractivity contribution in [1.82, 2.24) is 10.4 Å². The zero-order valence-corrected chi connectivity index (χ0v) is 9.01. The lowest BCUT2D eigenvalue weighted by atomic mass is 10.2. The third-order valence-corrected chi connectivity index (χ3v) is 1.03. The molecule has 0 saturated heterocycles. The van der Waals surface area contributed by atoms with Crippen LogP contribution in [0.4, 0.5) is 9.59 Å². The van der Waals surface area contributed by atoms with Crippen LogP contribution in [0.15, 0.2) is 0 Å². The highest BCUT2D eigenvalue weighted by Crippen LogP contribution is 2.08. The Labute approximate surface area is 82.8 Å². The van der Waals surface area contributed by atoms with Crippen LogP contribution in [0.2, 0.25) is 0 Å².